The SMILES string of the molecule is CCCCCCCCCCC/C=C/CCCCCCCC(=O)OC(CCCCCCCCC)CC(=O)NC(CO)C(O)CCCCCCCCCCCCCC. The van der Waals surface area contributed by atoms with Crippen LogP contribution >= 0.6 is 0 Å². The second-order valence-corrected chi connectivity index (χ2v) is 17.2. The summed E-state index contributed by atoms with van der Waals surface area (Å²) in [5, 5.41) is 23.6. The van der Waals surface area contributed by atoms with Crippen LogP contribution in [0.15, 0.2) is 12.2 Å². The van der Waals surface area contributed by atoms with Crippen molar-refractivity contribution in [3.05, 3.63) is 12.2 Å². The van der Waals surface area contributed by atoms with E-state index < -0.39 is 18.2 Å². The fourth-order valence-electron chi connectivity index (χ4n) is 7.78. The van der Waals surface area contributed by atoms with Crippen molar-refractivity contribution in [2.75, 3.05) is 6.61 Å². The lowest BCUT2D eigenvalue weighted by molar-refractivity contribution is -0.151. The minimum Gasteiger partial charge on any atom is -0.462 e. The number of carbonyl (C=O) groups excluding carboxylic acids is 2. The maximum atomic E-state index is 13.1. The largest absolute Gasteiger partial charge is 0.462 e. The summed E-state index contributed by atoms with van der Waals surface area (Å²) in [5.74, 6) is -0.475. The van der Waals surface area contributed by atoms with Gasteiger partial charge in [-0.3, -0.25) is 9.59 Å². The first kappa shape index (κ1) is 54.6. The predicted molar refractivity (Wildman–Crippen MR) is 241 cm³/mol. The van der Waals surface area contributed by atoms with Gasteiger partial charge in [0.15, 0.2) is 0 Å². The average Bonchev–Trinajstić information content (AvgIpc) is 3.19. The van der Waals surface area contributed by atoms with Gasteiger partial charge in [0.25, 0.3) is 0 Å². The van der Waals surface area contributed by atoms with Crippen molar-refractivity contribution in [2.24, 2.45) is 0 Å². The Morgan fingerprint density at radius 1 is 0.500 bits per heavy atom. The number of nitrogens with one attached hydrogen (secondary N) is 1. The maximum absolute atomic E-state index is 13.1. The summed E-state index contributed by atoms with van der Waals surface area (Å²) in [4.78, 5) is 25.9. The zero-order valence-electron chi connectivity index (χ0n) is 37.8. The van der Waals surface area contributed by atoms with Crippen molar-refractivity contribution >= 4 is 11.9 Å². The second kappa shape index (κ2) is 44.7. The van der Waals surface area contributed by atoms with E-state index in [0.717, 1.165) is 51.4 Å². The molecule has 3 atom stereocenters. The molecule has 0 saturated heterocycles. The normalized spacial score (nSPS) is 13.3. The van der Waals surface area contributed by atoms with Crippen LogP contribution < -0.4 is 5.32 Å². The smallest absolute Gasteiger partial charge is 0.306 e. The summed E-state index contributed by atoms with van der Waals surface area (Å²) in [6.07, 6.45) is 48.6. The van der Waals surface area contributed by atoms with E-state index in [-0.39, 0.29) is 24.9 Å². The highest BCUT2D eigenvalue weighted by molar-refractivity contribution is 5.77. The van der Waals surface area contributed by atoms with Crippen molar-refractivity contribution in [2.45, 2.75) is 289 Å². The molecular formula is C50H97NO5. The topological polar surface area (TPSA) is 95.9 Å². The molecule has 0 fully saturated rings. The number of esters is 1. The van der Waals surface area contributed by atoms with Crippen molar-refractivity contribution in [3.8, 4) is 0 Å². The van der Waals surface area contributed by atoms with Gasteiger partial charge in [-0.1, -0.05) is 219 Å². The van der Waals surface area contributed by atoms with E-state index in [1.807, 2.05) is 0 Å². The van der Waals surface area contributed by atoms with Crippen LogP contribution in [0.1, 0.15) is 271 Å². The Morgan fingerprint density at radius 2 is 0.857 bits per heavy atom. The maximum Gasteiger partial charge on any atom is 0.306 e. The van der Waals surface area contributed by atoms with E-state index in [4.69, 9.17) is 4.74 Å². The van der Waals surface area contributed by atoms with Gasteiger partial charge in [-0.25, -0.2) is 0 Å². The van der Waals surface area contributed by atoms with E-state index in [0.29, 0.717) is 19.3 Å². The predicted octanol–water partition coefficient (Wildman–Crippen LogP) is 14.6. The number of unbranched alkanes of at least 4 members (excludes halogenated alkanes) is 31. The Balaban J connectivity index is 4.35. The summed E-state index contributed by atoms with van der Waals surface area (Å²) >= 11 is 0. The number of rotatable bonds is 45. The van der Waals surface area contributed by atoms with Gasteiger partial charge in [0, 0.05) is 6.42 Å². The molecule has 0 bridgehead atoms. The standard InChI is InChI=1S/C50H97NO5/c1-4-7-10-13-16-18-20-22-23-24-25-26-27-29-31-34-37-40-43-50(55)56-46(41-38-35-32-15-12-9-6-3)44-49(54)51-47(45-52)48(53)42-39-36-33-30-28-21-19-17-14-11-8-5-2/h25-26,46-48,52-53H,4-24,27-45H2,1-3H3,(H,51,54)/b26-25+. The molecule has 6 heteroatoms. The van der Waals surface area contributed by atoms with Crippen LogP contribution in [0.5, 0.6) is 0 Å². The van der Waals surface area contributed by atoms with Gasteiger partial charge in [0.05, 0.1) is 25.2 Å². The molecule has 0 spiro atoms. The number of aliphatic hydroxyl groups excluding tert-OH is 2. The first-order valence-corrected chi connectivity index (χ1v) is 24.9. The third-order valence-electron chi connectivity index (χ3n) is 11.6. The minimum atomic E-state index is -0.781. The highest BCUT2D eigenvalue weighted by Crippen LogP contribution is 2.18. The summed E-state index contributed by atoms with van der Waals surface area (Å²) in [5.41, 5.74) is 0. The molecule has 0 rings (SSSR count). The molecule has 332 valence electrons. The number of aliphatic hydroxyl groups is 2. The van der Waals surface area contributed by atoms with Gasteiger partial charge in [0.1, 0.15) is 6.10 Å². The van der Waals surface area contributed by atoms with Crippen LogP contribution in [0.2, 0.25) is 0 Å². The van der Waals surface area contributed by atoms with Crippen molar-refractivity contribution in [3.63, 3.8) is 0 Å². The van der Waals surface area contributed by atoms with Gasteiger partial charge in [0.2, 0.25) is 5.91 Å². The number of hydrogen-bond acceptors (Lipinski definition) is 5. The monoisotopic (exact) mass is 792 g/mol. The molecular weight excluding hydrogens is 695 g/mol. The molecule has 0 aromatic heterocycles. The molecule has 6 nitrogen and oxygen atoms in total. The first-order valence-electron chi connectivity index (χ1n) is 24.9. The summed E-state index contributed by atoms with van der Waals surface area (Å²) in [6.45, 7) is 6.46. The van der Waals surface area contributed by atoms with Crippen LogP contribution in [0, 0.1) is 0 Å². The lowest BCUT2D eigenvalue weighted by Gasteiger charge is -2.24. The molecule has 56 heavy (non-hydrogen) atoms. The lowest BCUT2D eigenvalue weighted by Crippen LogP contribution is -2.46. The Morgan fingerprint density at radius 3 is 1.27 bits per heavy atom. The summed E-state index contributed by atoms with van der Waals surface area (Å²) < 4.78 is 5.89. The average molecular weight is 792 g/mol. The fraction of sp³-hybridized carbons (Fsp3) is 0.920. The molecule has 0 radical (unpaired) electrons. The van der Waals surface area contributed by atoms with Crippen LogP contribution in [0.4, 0.5) is 0 Å². The third-order valence-corrected chi connectivity index (χ3v) is 11.6. The quantitative estimate of drug-likeness (QED) is 0.0324. The van der Waals surface area contributed by atoms with Crippen LogP contribution in [0.3, 0.4) is 0 Å². The zero-order chi connectivity index (χ0) is 41.0. The molecule has 0 aromatic rings. The van der Waals surface area contributed by atoms with Gasteiger partial charge in [-0.2, -0.15) is 0 Å². The molecule has 0 aliphatic rings. The van der Waals surface area contributed by atoms with Crippen molar-refractivity contribution in [1.82, 2.24) is 5.32 Å². The van der Waals surface area contributed by atoms with E-state index in [9.17, 15) is 19.8 Å². The molecule has 0 saturated carbocycles. The molecule has 0 aromatic carbocycles. The molecule has 1 amide bonds. The number of carbonyl (C=O) groups is 2. The second-order valence-electron chi connectivity index (χ2n) is 17.2. The van der Waals surface area contributed by atoms with E-state index in [2.05, 4.69) is 38.2 Å². The molecule has 0 aliphatic carbocycles. The minimum absolute atomic E-state index is 0.0794. The highest BCUT2D eigenvalue weighted by Gasteiger charge is 2.24. The number of ether oxygens (including phenoxy) is 1. The Labute approximate surface area is 349 Å². The van der Waals surface area contributed by atoms with E-state index in [1.165, 1.54) is 173 Å². The van der Waals surface area contributed by atoms with Gasteiger partial charge < -0.3 is 20.3 Å². The van der Waals surface area contributed by atoms with Crippen LogP contribution in [-0.2, 0) is 14.3 Å². The van der Waals surface area contributed by atoms with Gasteiger partial charge in [-0.15, -0.1) is 0 Å². The van der Waals surface area contributed by atoms with Gasteiger partial charge in [-0.05, 0) is 51.4 Å². The Bertz CT molecular complexity index is 847. The number of amides is 1. The summed E-state index contributed by atoms with van der Waals surface area (Å²) in [6, 6.07) is -0.694. The molecule has 3 unspecified atom stereocenters. The van der Waals surface area contributed by atoms with Crippen molar-refractivity contribution in [1.29, 1.82) is 0 Å². The van der Waals surface area contributed by atoms with E-state index >= 15 is 0 Å². The van der Waals surface area contributed by atoms with Crippen LogP contribution in [-0.4, -0.2) is 46.9 Å². The highest BCUT2D eigenvalue weighted by atomic mass is 16.5. The van der Waals surface area contributed by atoms with Crippen LogP contribution in [0.25, 0.3) is 0 Å². The first-order chi connectivity index (χ1) is 27.5. The number of hydrogen-bond donors (Lipinski definition) is 3. The zero-order valence-corrected chi connectivity index (χ0v) is 37.8. The number of allylic oxidation sites excluding steroid dienone is 2. The van der Waals surface area contributed by atoms with Gasteiger partial charge >= 0.3 is 5.97 Å². The molecule has 3 N–H and O–H groups in total. The fourth-order valence-corrected chi connectivity index (χ4v) is 7.78. The Hall–Kier alpha value is -1.40. The van der Waals surface area contributed by atoms with E-state index in [1.54, 1.807) is 0 Å². The molecule has 0 heterocycles. The molecule has 0 aliphatic heterocycles. The lowest BCUT2D eigenvalue weighted by atomic mass is 10.0. The van der Waals surface area contributed by atoms with Crippen molar-refractivity contribution < 1.29 is 24.5 Å². The Kier molecular flexibility index (Phi) is 43.6. The summed E-state index contributed by atoms with van der Waals surface area (Å²) in [7, 11) is 0. The third kappa shape index (κ3) is 39.4.